The molecular weight excluding hydrogens is 314 g/mol. The zero-order valence-corrected chi connectivity index (χ0v) is 13.8. The third kappa shape index (κ3) is 5.29. The highest BCUT2D eigenvalue weighted by Crippen LogP contribution is 2.17. The summed E-state index contributed by atoms with van der Waals surface area (Å²) in [6, 6.07) is 3.25. The first-order valence-corrected chi connectivity index (χ1v) is 7.84. The minimum atomic E-state index is -0.584. The summed E-state index contributed by atoms with van der Waals surface area (Å²) in [5.41, 5.74) is 0.395. The number of rotatable bonds is 7. The van der Waals surface area contributed by atoms with Crippen LogP contribution in [-0.2, 0) is 6.54 Å². The molecule has 8 heteroatoms. The van der Waals surface area contributed by atoms with Crippen LogP contribution in [0.5, 0.6) is 0 Å². The van der Waals surface area contributed by atoms with Crippen LogP contribution in [0.15, 0.2) is 35.8 Å². The molecule has 1 aromatic carbocycles. The van der Waals surface area contributed by atoms with Gasteiger partial charge in [0.15, 0.2) is 5.96 Å². The van der Waals surface area contributed by atoms with Crippen LogP contribution in [0.4, 0.5) is 8.78 Å². The fourth-order valence-electron chi connectivity index (χ4n) is 2.29. The summed E-state index contributed by atoms with van der Waals surface area (Å²) in [6.07, 6.45) is 5.29. The Morgan fingerprint density at radius 2 is 2.00 bits per heavy atom. The SMILES string of the molecule is CN=C(NCCCCn1cnnc1)NC(C)c1ccc(F)cc1F. The van der Waals surface area contributed by atoms with Gasteiger partial charge in [0.25, 0.3) is 0 Å². The lowest BCUT2D eigenvalue weighted by Gasteiger charge is -2.18. The molecule has 0 saturated carbocycles. The summed E-state index contributed by atoms with van der Waals surface area (Å²) in [5.74, 6) is -0.575. The third-order valence-corrected chi connectivity index (χ3v) is 3.61. The van der Waals surface area contributed by atoms with Crippen molar-refractivity contribution < 1.29 is 8.78 Å². The topological polar surface area (TPSA) is 67.1 Å². The maximum atomic E-state index is 13.8. The molecule has 6 nitrogen and oxygen atoms in total. The van der Waals surface area contributed by atoms with Crippen LogP contribution in [-0.4, -0.2) is 34.3 Å². The van der Waals surface area contributed by atoms with Crippen LogP contribution in [0.25, 0.3) is 0 Å². The Balaban J connectivity index is 1.75. The molecule has 1 heterocycles. The second-order valence-electron chi connectivity index (χ2n) is 5.44. The van der Waals surface area contributed by atoms with Crippen molar-refractivity contribution in [1.82, 2.24) is 25.4 Å². The summed E-state index contributed by atoms with van der Waals surface area (Å²) >= 11 is 0. The Bertz CT molecular complexity index is 657. The van der Waals surface area contributed by atoms with Crippen molar-refractivity contribution in [1.29, 1.82) is 0 Å². The fraction of sp³-hybridized carbons (Fsp3) is 0.438. The minimum Gasteiger partial charge on any atom is -0.356 e. The van der Waals surface area contributed by atoms with Gasteiger partial charge in [0, 0.05) is 31.8 Å². The number of halogens is 2. The van der Waals surface area contributed by atoms with Gasteiger partial charge in [-0.15, -0.1) is 10.2 Å². The van der Waals surface area contributed by atoms with E-state index in [0.29, 0.717) is 11.5 Å². The Morgan fingerprint density at radius 3 is 2.67 bits per heavy atom. The van der Waals surface area contributed by atoms with Gasteiger partial charge in [-0.25, -0.2) is 8.78 Å². The average Bonchev–Trinajstić information content (AvgIpc) is 3.06. The van der Waals surface area contributed by atoms with Crippen molar-refractivity contribution in [2.45, 2.75) is 32.4 Å². The van der Waals surface area contributed by atoms with Crippen LogP contribution in [0.1, 0.15) is 31.4 Å². The number of unbranched alkanes of at least 4 members (excludes halogenated alkanes) is 1. The third-order valence-electron chi connectivity index (χ3n) is 3.61. The van der Waals surface area contributed by atoms with Crippen LogP contribution in [0.3, 0.4) is 0 Å². The van der Waals surface area contributed by atoms with Crippen molar-refractivity contribution in [3.8, 4) is 0 Å². The first kappa shape index (κ1) is 17.8. The molecule has 0 fully saturated rings. The van der Waals surface area contributed by atoms with Crippen molar-refractivity contribution in [2.24, 2.45) is 4.99 Å². The van der Waals surface area contributed by atoms with E-state index in [2.05, 4.69) is 25.8 Å². The molecule has 2 N–H and O–H groups in total. The van der Waals surface area contributed by atoms with Gasteiger partial charge in [-0.05, 0) is 25.8 Å². The number of hydrogen-bond donors (Lipinski definition) is 2. The van der Waals surface area contributed by atoms with E-state index in [1.54, 1.807) is 26.6 Å². The number of nitrogens with one attached hydrogen (secondary N) is 2. The van der Waals surface area contributed by atoms with Gasteiger partial charge in [0.2, 0.25) is 0 Å². The van der Waals surface area contributed by atoms with E-state index in [1.807, 2.05) is 4.57 Å². The van der Waals surface area contributed by atoms with Crippen molar-refractivity contribution in [2.75, 3.05) is 13.6 Å². The standard InChI is InChI=1S/C16H22F2N6/c1-12(14-6-5-13(17)9-15(14)18)23-16(19-2)20-7-3-4-8-24-10-21-22-11-24/h5-6,9-12H,3-4,7-8H2,1-2H3,(H2,19,20,23). The molecular formula is C16H22F2N6. The molecule has 24 heavy (non-hydrogen) atoms. The smallest absolute Gasteiger partial charge is 0.191 e. The van der Waals surface area contributed by atoms with Gasteiger partial charge in [0.05, 0.1) is 6.04 Å². The second-order valence-corrected chi connectivity index (χ2v) is 5.44. The molecule has 0 bridgehead atoms. The maximum Gasteiger partial charge on any atom is 0.191 e. The normalized spacial score (nSPS) is 12.9. The van der Waals surface area contributed by atoms with Crippen LogP contribution in [0.2, 0.25) is 0 Å². The minimum absolute atomic E-state index is 0.325. The molecule has 0 aliphatic heterocycles. The average molecular weight is 336 g/mol. The molecule has 0 aliphatic rings. The molecule has 0 amide bonds. The van der Waals surface area contributed by atoms with Crippen molar-refractivity contribution in [3.63, 3.8) is 0 Å². The number of hydrogen-bond acceptors (Lipinski definition) is 3. The Morgan fingerprint density at radius 1 is 1.25 bits per heavy atom. The zero-order valence-electron chi connectivity index (χ0n) is 13.8. The fourth-order valence-corrected chi connectivity index (χ4v) is 2.29. The molecule has 2 rings (SSSR count). The lowest BCUT2D eigenvalue weighted by molar-refractivity contribution is 0.549. The van der Waals surface area contributed by atoms with Crippen molar-refractivity contribution in [3.05, 3.63) is 48.1 Å². The van der Waals surface area contributed by atoms with Crippen LogP contribution >= 0.6 is 0 Å². The van der Waals surface area contributed by atoms with Crippen molar-refractivity contribution >= 4 is 5.96 Å². The van der Waals surface area contributed by atoms with Crippen LogP contribution < -0.4 is 10.6 Å². The highest BCUT2D eigenvalue weighted by Gasteiger charge is 2.12. The van der Waals surface area contributed by atoms with E-state index in [4.69, 9.17) is 0 Å². The van der Waals surface area contributed by atoms with E-state index >= 15 is 0 Å². The lowest BCUT2D eigenvalue weighted by Crippen LogP contribution is -2.39. The number of benzene rings is 1. The van der Waals surface area contributed by atoms with E-state index < -0.39 is 11.6 Å². The zero-order chi connectivity index (χ0) is 17.4. The number of nitrogens with zero attached hydrogens (tertiary/aromatic N) is 4. The Labute approximate surface area is 140 Å². The van der Waals surface area contributed by atoms with E-state index in [-0.39, 0.29) is 6.04 Å². The van der Waals surface area contributed by atoms with E-state index in [9.17, 15) is 8.78 Å². The monoisotopic (exact) mass is 336 g/mol. The first-order valence-electron chi connectivity index (χ1n) is 7.84. The Hall–Kier alpha value is -2.51. The van der Waals surface area contributed by atoms with Gasteiger partial charge >= 0.3 is 0 Å². The molecule has 0 saturated heterocycles. The molecule has 0 aliphatic carbocycles. The molecule has 130 valence electrons. The molecule has 1 atom stereocenters. The van der Waals surface area contributed by atoms with Gasteiger partial charge in [-0.2, -0.15) is 0 Å². The van der Waals surface area contributed by atoms with Gasteiger partial charge in [-0.1, -0.05) is 6.07 Å². The lowest BCUT2D eigenvalue weighted by atomic mass is 10.1. The molecule has 2 aromatic rings. The largest absolute Gasteiger partial charge is 0.356 e. The van der Waals surface area contributed by atoms with Gasteiger partial charge in [0.1, 0.15) is 24.3 Å². The van der Waals surface area contributed by atoms with Gasteiger partial charge in [-0.3, -0.25) is 4.99 Å². The molecule has 0 radical (unpaired) electrons. The summed E-state index contributed by atoms with van der Waals surface area (Å²) in [6.45, 7) is 3.40. The van der Waals surface area contributed by atoms with E-state index in [0.717, 1.165) is 32.0 Å². The highest BCUT2D eigenvalue weighted by molar-refractivity contribution is 5.80. The summed E-state index contributed by atoms with van der Waals surface area (Å²) in [5, 5.41) is 13.8. The maximum absolute atomic E-state index is 13.8. The predicted molar refractivity (Wildman–Crippen MR) is 88.5 cm³/mol. The Kier molecular flexibility index (Phi) is 6.65. The predicted octanol–water partition coefficient (Wildman–Crippen LogP) is 2.26. The molecule has 1 aromatic heterocycles. The molecule has 1 unspecified atom stereocenters. The number of aryl methyl sites for hydroxylation is 1. The number of aromatic nitrogens is 3. The highest BCUT2D eigenvalue weighted by atomic mass is 19.1. The molecule has 0 spiro atoms. The van der Waals surface area contributed by atoms with E-state index in [1.165, 1.54) is 12.1 Å². The number of aliphatic imine (C=N–C) groups is 1. The quantitative estimate of drug-likeness (QED) is 0.462. The van der Waals surface area contributed by atoms with Gasteiger partial charge < -0.3 is 15.2 Å². The summed E-state index contributed by atoms with van der Waals surface area (Å²) in [4.78, 5) is 4.12. The number of guanidine groups is 1. The summed E-state index contributed by atoms with van der Waals surface area (Å²) < 4.78 is 28.7. The summed E-state index contributed by atoms with van der Waals surface area (Å²) in [7, 11) is 1.65. The van der Waals surface area contributed by atoms with Crippen LogP contribution in [0, 0.1) is 11.6 Å². The second kappa shape index (κ2) is 8.95. The first-order chi connectivity index (χ1) is 11.6.